The van der Waals surface area contributed by atoms with Crippen LogP contribution >= 0.6 is 23.1 Å². The Bertz CT molecular complexity index is 1060. The van der Waals surface area contributed by atoms with Crippen LogP contribution < -0.4 is 0 Å². The minimum atomic E-state index is 0.198. The van der Waals surface area contributed by atoms with Crippen LogP contribution in [0.15, 0.2) is 56.8 Å². The second-order valence-electron chi connectivity index (χ2n) is 7.11. The van der Waals surface area contributed by atoms with E-state index in [2.05, 4.69) is 75.1 Å². The van der Waals surface area contributed by atoms with Crippen molar-refractivity contribution in [3.8, 4) is 11.4 Å². The summed E-state index contributed by atoms with van der Waals surface area (Å²) in [6, 6.07) is 12.6. The third-order valence-corrected chi connectivity index (χ3v) is 6.44. The van der Waals surface area contributed by atoms with Crippen LogP contribution in [-0.2, 0) is 12.3 Å². The molecule has 1 aromatic carbocycles. The van der Waals surface area contributed by atoms with Crippen molar-refractivity contribution in [3.63, 3.8) is 0 Å². The average molecular weight is 441 g/mol. The summed E-state index contributed by atoms with van der Waals surface area (Å²) in [6.07, 6.45) is 0.957. The van der Waals surface area contributed by atoms with Gasteiger partial charge < -0.3 is 9.09 Å². The third kappa shape index (κ3) is 4.63. The van der Waals surface area contributed by atoms with E-state index in [-0.39, 0.29) is 6.04 Å². The average Bonchev–Trinajstić information content (AvgIpc) is 3.49. The minimum Gasteiger partial charge on any atom is -0.338 e. The lowest BCUT2D eigenvalue weighted by molar-refractivity contribution is 0.272. The Kier molecular flexibility index (Phi) is 6.61. The van der Waals surface area contributed by atoms with Crippen LogP contribution in [0.1, 0.15) is 36.7 Å². The van der Waals surface area contributed by atoms with Crippen LogP contribution in [0.2, 0.25) is 0 Å². The number of thioether (sulfide) groups is 1. The molecule has 0 saturated carbocycles. The second kappa shape index (κ2) is 9.55. The van der Waals surface area contributed by atoms with Crippen molar-refractivity contribution in [2.75, 3.05) is 14.1 Å². The lowest BCUT2D eigenvalue weighted by atomic mass is 10.2. The zero-order chi connectivity index (χ0) is 20.9. The number of hydrogen-bond donors (Lipinski definition) is 0. The van der Waals surface area contributed by atoms with E-state index >= 15 is 0 Å². The Morgan fingerprint density at radius 2 is 2.00 bits per heavy atom. The first-order valence-electron chi connectivity index (χ1n) is 9.77. The van der Waals surface area contributed by atoms with Crippen LogP contribution in [0.3, 0.4) is 0 Å². The highest BCUT2D eigenvalue weighted by molar-refractivity contribution is 7.98. The molecule has 7 nitrogen and oxygen atoms in total. The number of aromatic nitrogens is 5. The maximum Gasteiger partial charge on any atom is 0.237 e. The van der Waals surface area contributed by atoms with Gasteiger partial charge in [0, 0.05) is 10.9 Å². The third-order valence-electron chi connectivity index (χ3n) is 4.81. The maximum atomic E-state index is 5.44. The molecule has 0 amide bonds. The van der Waals surface area contributed by atoms with Gasteiger partial charge in [-0.1, -0.05) is 54.2 Å². The Hall–Kier alpha value is -2.49. The van der Waals surface area contributed by atoms with Crippen molar-refractivity contribution in [2.45, 2.75) is 36.8 Å². The lowest BCUT2D eigenvalue weighted by Gasteiger charge is -2.23. The first kappa shape index (κ1) is 20.8. The molecule has 0 aliphatic carbocycles. The molecule has 30 heavy (non-hydrogen) atoms. The van der Waals surface area contributed by atoms with Gasteiger partial charge in [0.2, 0.25) is 11.7 Å². The smallest absolute Gasteiger partial charge is 0.237 e. The quantitative estimate of drug-likeness (QED) is 0.348. The maximum absolute atomic E-state index is 5.44. The van der Waals surface area contributed by atoms with Gasteiger partial charge in [-0.05, 0) is 37.5 Å². The topological polar surface area (TPSA) is 72.9 Å². The molecule has 0 radical (unpaired) electrons. The molecule has 0 saturated heterocycles. The number of hydrogen-bond acceptors (Lipinski definition) is 8. The molecule has 0 aliphatic heterocycles. The highest BCUT2D eigenvalue weighted by atomic mass is 32.2. The highest BCUT2D eigenvalue weighted by Gasteiger charge is 2.22. The van der Waals surface area contributed by atoms with Crippen molar-refractivity contribution in [2.24, 2.45) is 0 Å². The van der Waals surface area contributed by atoms with E-state index in [0.29, 0.717) is 17.5 Å². The minimum absolute atomic E-state index is 0.198. The summed E-state index contributed by atoms with van der Waals surface area (Å²) in [5.41, 5.74) is 2.19. The van der Waals surface area contributed by atoms with Gasteiger partial charge in [-0.15, -0.1) is 10.2 Å². The van der Waals surface area contributed by atoms with E-state index in [1.807, 2.05) is 22.9 Å². The molecule has 0 fully saturated rings. The fourth-order valence-corrected chi connectivity index (χ4v) is 4.71. The van der Waals surface area contributed by atoms with E-state index in [9.17, 15) is 0 Å². The van der Waals surface area contributed by atoms with Gasteiger partial charge in [0.05, 0.1) is 18.3 Å². The molecule has 0 spiro atoms. The Balaban J connectivity index is 1.57. The van der Waals surface area contributed by atoms with Crippen LogP contribution in [0.5, 0.6) is 0 Å². The second-order valence-corrected chi connectivity index (χ2v) is 8.84. The van der Waals surface area contributed by atoms with E-state index in [1.54, 1.807) is 23.1 Å². The Labute approximate surface area is 184 Å². The monoisotopic (exact) mass is 440 g/mol. The van der Waals surface area contributed by atoms with E-state index < -0.39 is 0 Å². The van der Waals surface area contributed by atoms with Crippen LogP contribution in [0.4, 0.5) is 0 Å². The fourth-order valence-electron chi connectivity index (χ4n) is 3.30. The lowest BCUT2D eigenvalue weighted by Crippen LogP contribution is -2.23. The zero-order valence-corrected chi connectivity index (χ0v) is 18.9. The Morgan fingerprint density at radius 1 is 1.17 bits per heavy atom. The SMILES string of the molecule is CC[C@H](c1nnc(SCc2nc(-c3ccsc3)no2)n1Cc1ccccc1)N(C)C. The van der Waals surface area contributed by atoms with Gasteiger partial charge in [0.1, 0.15) is 0 Å². The predicted molar refractivity (Wildman–Crippen MR) is 119 cm³/mol. The largest absolute Gasteiger partial charge is 0.338 e. The zero-order valence-electron chi connectivity index (χ0n) is 17.2. The van der Waals surface area contributed by atoms with Crippen LogP contribution in [-0.4, -0.2) is 43.9 Å². The van der Waals surface area contributed by atoms with Gasteiger partial charge in [-0.2, -0.15) is 16.3 Å². The molecule has 0 N–H and O–H groups in total. The molecule has 3 aromatic heterocycles. The fraction of sp³-hybridized carbons (Fsp3) is 0.333. The molecular weight excluding hydrogens is 416 g/mol. The van der Waals surface area contributed by atoms with Crippen molar-refractivity contribution < 1.29 is 4.52 Å². The number of thiophene rings is 1. The Morgan fingerprint density at radius 3 is 2.70 bits per heavy atom. The van der Waals surface area contributed by atoms with Crippen molar-refractivity contribution >= 4 is 23.1 Å². The molecule has 0 unspecified atom stereocenters. The van der Waals surface area contributed by atoms with Gasteiger partial charge in [0.15, 0.2) is 11.0 Å². The first-order valence-corrected chi connectivity index (χ1v) is 11.7. The summed E-state index contributed by atoms with van der Waals surface area (Å²) in [6.45, 7) is 2.89. The summed E-state index contributed by atoms with van der Waals surface area (Å²) in [4.78, 5) is 6.70. The number of rotatable bonds is 9. The molecular formula is C21H24N6OS2. The summed E-state index contributed by atoms with van der Waals surface area (Å²) < 4.78 is 7.64. The molecule has 9 heteroatoms. The van der Waals surface area contributed by atoms with Gasteiger partial charge in [-0.25, -0.2) is 0 Å². The molecule has 156 valence electrons. The van der Waals surface area contributed by atoms with E-state index in [4.69, 9.17) is 4.52 Å². The first-order chi connectivity index (χ1) is 14.7. The van der Waals surface area contributed by atoms with E-state index in [1.165, 1.54) is 5.56 Å². The van der Waals surface area contributed by atoms with Gasteiger partial charge in [0.25, 0.3) is 0 Å². The summed E-state index contributed by atoms with van der Waals surface area (Å²) in [5, 5.41) is 18.0. The standard InChI is InChI=1S/C21H24N6OS2/c1-4-17(26(2)3)20-23-24-21(27(20)12-15-8-6-5-7-9-15)30-14-18-22-19(25-28-18)16-10-11-29-13-16/h5-11,13,17H,4,12,14H2,1-3H3/t17-/m1/s1. The van der Waals surface area contributed by atoms with Crippen molar-refractivity contribution in [3.05, 3.63) is 64.4 Å². The molecule has 4 aromatic rings. The van der Waals surface area contributed by atoms with Crippen LogP contribution in [0.25, 0.3) is 11.4 Å². The summed E-state index contributed by atoms with van der Waals surface area (Å²) >= 11 is 3.18. The van der Waals surface area contributed by atoms with Crippen molar-refractivity contribution in [1.29, 1.82) is 0 Å². The van der Waals surface area contributed by atoms with Gasteiger partial charge in [-0.3, -0.25) is 4.90 Å². The number of benzene rings is 1. The normalized spacial score (nSPS) is 12.5. The predicted octanol–water partition coefficient (Wildman–Crippen LogP) is 4.74. The molecule has 0 bridgehead atoms. The van der Waals surface area contributed by atoms with Gasteiger partial charge >= 0.3 is 0 Å². The summed E-state index contributed by atoms with van der Waals surface area (Å²) in [7, 11) is 4.15. The number of nitrogens with zero attached hydrogens (tertiary/aromatic N) is 6. The highest BCUT2D eigenvalue weighted by Crippen LogP contribution is 2.28. The molecule has 4 rings (SSSR count). The summed E-state index contributed by atoms with van der Waals surface area (Å²) in [5.74, 6) is 2.72. The van der Waals surface area contributed by atoms with Crippen LogP contribution in [0, 0.1) is 0 Å². The van der Waals surface area contributed by atoms with Crippen molar-refractivity contribution in [1.82, 2.24) is 29.8 Å². The molecule has 0 aliphatic rings. The molecule has 3 heterocycles. The van der Waals surface area contributed by atoms with E-state index in [0.717, 1.165) is 29.5 Å². The molecule has 1 atom stereocenters.